The number of esters is 1. The molecule has 0 bridgehead atoms. The topological polar surface area (TPSA) is 26.3 Å². The Morgan fingerprint density at radius 2 is 2.13 bits per heavy atom. The summed E-state index contributed by atoms with van der Waals surface area (Å²) in [6.45, 7) is 2.68. The van der Waals surface area contributed by atoms with E-state index in [-0.39, 0.29) is 11.9 Å². The molecule has 1 aromatic carbocycles. The summed E-state index contributed by atoms with van der Waals surface area (Å²) >= 11 is 1.74. The molecular formula is C12H14O2S. The quantitative estimate of drug-likeness (QED) is 0.581. The largest absolute Gasteiger partial charge is 0.465 e. The van der Waals surface area contributed by atoms with Crippen LogP contribution in [0.4, 0.5) is 0 Å². The molecule has 0 N–H and O–H groups in total. The van der Waals surface area contributed by atoms with Crippen molar-refractivity contribution in [1.82, 2.24) is 0 Å². The molecule has 0 radical (unpaired) electrons. The highest BCUT2D eigenvalue weighted by Crippen LogP contribution is 2.32. The molecule has 0 saturated carbocycles. The van der Waals surface area contributed by atoms with Crippen molar-refractivity contribution in [2.75, 3.05) is 6.61 Å². The van der Waals surface area contributed by atoms with Gasteiger partial charge >= 0.3 is 5.97 Å². The molecule has 1 aromatic rings. The standard InChI is InChI=1S/C12H14O2S/c1-9(11-7-8-14-12(11)13)15-10-5-3-2-4-6-10/h2-6,9,11H,7-8H2,1H3/t9-,11-/m1/s1. The lowest BCUT2D eigenvalue weighted by molar-refractivity contribution is -0.141. The number of hydrogen-bond donors (Lipinski definition) is 0. The molecule has 1 saturated heterocycles. The van der Waals surface area contributed by atoms with Gasteiger partial charge in [0.25, 0.3) is 0 Å². The van der Waals surface area contributed by atoms with E-state index >= 15 is 0 Å². The zero-order chi connectivity index (χ0) is 10.7. The maximum absolute atomic E-state index is 11.4. The van der Waals surface area contributed by atoms with Gasteiger partial charge in [-0.25, -0.2) is 0 Å². The number of rotatable bonds is 3. The fraction of sp³-hybridized carbons (Fsp3) is 0.417. The van der Waals surface area contributed by atoms with Crippen LogP contribution >= 0.6 is 11.8 Å². The van der Waals surface area contributed by atoms with Crippen LogP contribution in [0.5, 0.6) is 0 Å². The molecule has 1 fully saturated rings. The zero-order valence-corrected chi connectivity index (χ0v) is 9.50. The lowest BCUT2D eigenvalue weighted by Gasteiger charge is -2.14. The van der Waals surface area contributed by atoms with Crippen LogP contribution < -0.4 is 0 Å². The Hall–Kier alpha value is -0.960. The van der Waals surface area contributed by atoms with E-state index in [1.54, 1.807) is 11.8 Å². The molecular weight excluding hydrogens is 208 g/mol. The third-order valence-corrected chi connectivity index (χ3v) is 3.85. The summed E-state index contributed by atoms with van der Waals surface area (Å²) in [5, 5.41) is 0.294. The Morgan fingerprint density at radius 1 is 1.40 bits per heavy atom. The minimum atomic E-state index is -0.0362. The maximum Gasteiger partial charge on any atom is 0.310 e. The molecule has 2 rings (SSSR count). The van der Waals surface area contributed by atoms with E-state index in [2.05, 4.69) is 19.1 Å². The summed E-state index contributed by atoms with van der Waals surface area (Å²) in [5.41, 5.74) is 0. The van der Waals surface area contributed by atoms with Crippen LogP contribution in [-0.2, 0) is 9.53 Å². The average molecular weight is 222 g/mol. The number of carbonyl (C=O) groups excluding carboxylic acids is 1. The predicted molar refractivity (Wildman–Crippen MR) is 60.8 cm³/mol. The third kappa shape index (κ3) is 2.53. The smallest absolute Gasteiger partial charge is 0.310 e. The van der Waals surface area contributed by atoms with Crippen LogP contribution in [0.15, 0.2) is 35.2 Å². The predicted octanol–water partition coefficient (Wildman–Crippen LogP) is 2.73. The summed E-state index contributed by atoms with van der Waals surface area (Å²) in [6, 6.07) is 10.2. The SMILES string of the molecule is C[C@@H](Sc1ccccc1)[C@H]1CCOC1=O. The third-order valence-electron chi connectivity index (χ3n) is 2.61. The van der Waals surface area contributed by atoms with Gasteiger partial charge in [-0.1, -0.05) is 25.1 Å². The van der Waals surface area contributed by atoms with E-state index in [1.165, 1.54) is 4.90 Å². The van der Waals surface area contributed by atoms with Crippen LogP contribution in [0.3, 0.4) is 0 Å². The van der Waals surface area contributed by atoms with Crippen molar-refractivity contribution in [1.29, 1.82) is 0 Å². The molecule has 0 amide bonds. The van der Waals surface area contributed by atoms with Crippen molar-refractivity contribution in [2.24, 2.45) is 5.92 Å². The van der Waals surface area contributed by atoms with Crippen LogP contribution in [0.1, 0.15) is 13.3 Å². The average Bonchev–Trinajstić information content (AvgIpc) is 2.66. The lowest BCUT2D eigenvalue weighted by Crippen LogP contribution is -2.18. The fourth-order valence-corrected chi connectivity index (χ4v) is 2.89. The Balaban J connectivity index is 1.97. The number of carbonyl (C=O) groups is 1. The lowest BCUT2D eigenvalue weighted by atomic mass is 10.1. The maximum atomic E-state index is 11.4. The van der Waals surface area contributed by atoms with E-state index in [0.29, 0.717) is 11.9 Å². The van der Waals surface area contributed by atoms with Crippen LogP contribution in [-0.4, -0.2) is 17.8 Å². The number of cyclic esters (lactones) is 1. The van der Waals surface area contributed by atoms with E-state index in [1.807, 2.05) is 18.2 Å². The van der Waals surface area contributed by atoms with E-state index in [0.717, 1.165) is 6.42 Å². The van der Waals surface area contributed by atoms with Crippen molar-refractivity contribution in [2.45, 2.75) is 23.5 Å². The van der Waals surface area contributed by atoms with Gasteiger partial charge in [-0.05, 0) is 18.6 Å². The van der Waals surface area contributed by atoms with Gasteiger partial charge in [0, 0.05) is 10.1 Å². The first-order chi connectivity index (χ1) is 7.27. The van der Waals surface area contributed by atoms with Crippen molar-refractivity contribution >= 4 is 17.7 Å². The van der Waals surface area contributed by atoms with Crippen molar-refractivity contribution in [3.63, 3.8) is 0 Å². The number of benzene rings is 1. The Morgan fingerprint density at radius 3 is 2.73 bits per heavy atom. The highest BCUT2D eigenvalue weighted by Gasteiger charge is 2.31. The van der Waals surface area contributed by atoms with Crippen molar-refractivity contribution in [3.05, 3.63) is 30.3 Å². The fourth-order valence-electron chi connectivity index (χ4n) is 1.73. The van der Waals surface area contributed by atoms with Gasteiger partial charge in [0.2, 0.25) is 0 Å². The van der Waals surface area contributed by atoms with Gasteiger partial charge in [-0.15, -0.1) is 11.8 Å². The number of ether oxygens (including phenoxy) is 1. The van der Waals surface area contributed by atoms with E-state index in [4.69, 9.17) is 4.74 Å². The molecule has 2 atom stereocenters. The first kappa shape index (κ1) is 10.6. The molecule has 80 valence electrons. The Bertz CT molecular complexity index is 337. The molecule has 0 unspecified atom stereocenters. The highest BCUT2D eigenvalue weighted by molar-refractivity contribution is 8.00. The van der Waals surface area contributed by atoms with Gasteiger partial charge < -0.3 is 4.74 Å². The molecule has 0 aromatic heterocycles. The minimum Gasteiger partial charge on any atom is -0.465 e. The van der Waals surface area contributed by atoms with Crippen molar-refractivity contribution in [3.8, 4) is 0 Å². The summed E-state index contributed by atoms with van der Waals surface area (Å²) in [5.74, 6) is 0.0288. The van der Waals surface area contributed by atoms with Crippen LogP contribution in [0.25, 0.3) is 0 Å². The van der Waals surface area contributed by atoms with Crippen molar-refractivity contribution < 1.29 is 9.53 Å². The minimum absolute atomic E-state index is 0.0362. The summed E-state index contributed by atoms with van der Waals surface area (Å²) in [6.07, 6.45) is 0.861. The van der Waals surface area contributed by atoms with Crippen LogP contribution in [0, 0.1) is 5.92 Å². The number of hydrogen-bond acceptors (Lipinski definition) is 3. The first-order valence-electron chi connectivity index (χ1n) is 5.16. The zero-order valence-electron chi connectivity index (χ0n) is 8.68. The molecule has 2 nitrogen and oxygen atoms in total. The molecule has 15 heavy (non-hydrogen) atoms. The van der Waals surface area contributed by atoms with Crippen LogP contribution in [0.2, 0.25) is 0 Å². The van der Waals surface area contributed by atoms with Gasteiger partial charge in [-0.2, -0.15) is 0 Å². The van der Waals surface area contributed by atoms with Gasteiger partial charge in [0.1, 0.15) is 0 Å². The monoisotopic (exact) mass is 222 g/mol. The second-order valence-electron chi connectivity index (χ2n) is 3.70. The molecule has 1 heterocycles. The number of thioether (sulfide) groups is 1. The van der Waals surface area contributed by atoms with Gasteiger partial charge in [0.05, 0.1) is 12.5 Å². The van der Waals surface area contributed by atoms with E-state index < -0.39 is 0 Å². The molecule has 3 heteroatoms. The summed E-state index contributed by atoms with van der Waals surface area (Å²) in [7, 11) is 0. The second kappa shape index (κ2) is 4.71. The van der Waals surface area contributed by atoms with Gasteiger partial charge in [0.15, 0.2) is 0 Å². The molecule has 1 aliphatic rings. The Kier molecular flexibility index (Phi) is 3.31. The molecule has 1 aliphatic heterocycles. The van der Waals surface area contributed by atoms with E-state index in [9.17, 15) is 4.79 Å². The summed E-state index contributed by atoms with van der Waals surface area (Å²) in [4.78, 5) is 12.6. The Labute approximate surface area is 94.0 Å². The first-order valence-corrected chi connectivity index (χ1v) is 6.03. The normalized spacial score (nSPS) is 22.5. The second-order valence-corrected chi connectivity index (χ2v) is 5.15. The summed E-state index contributed by atoms with van der Waals surface area (Å²) < 4.78 is 4.97. The molecule has 0 aliphatic carbocycles. The molecule has 0 spiro atoms. The highest BCUT2D eigenvalue weighted by atomic mass is 32.2. The van der Waals surface area contributed by atoms with Gasteiger partial charge in [-0.3, -0.25) is 4.79 Å².